The van der Waals surface area contributed by atoms with Gasteiger partial charge in [0.2, 0.25) is 0 Å². The van der Waals surface area contributed by atoms with Crippen LogP contribution in [0.2, 0.25) is 0 Å². The molecule has 68 valence electrons. The van der Waals surface area contributed by atoms with Crippen LogP contribution in [0.3, 0.4) is 0 Å². The van der Waals surface area contributed by atoms with Crippen molar-refractivity contribution in [1.29, 1.82) is 0 Å². The third-order valence-corrected chi connectivity index (χ3v) is 2.37. The van der Waals surface area contributed by atoms with E-state index in [2.05, 4.69) is 29.3 Å². The van der Waals surface area contributed by atoms with Gasteiger partial charge in [0.15, 0.2) is 0 Å². The van der Waals surface area contributed by atoms with Crippen molar-refractivity contribution in [2.75, 3.05) is 13.7 Å². The maximum absolute atomic E-state index is 5.15. The number of dihydropyridines is 1. The zero-order chi connectivity index (χ0) is 9.10. The van der Waals surface area contributed by atoms with Gasteiger partial charge < -0.3 is 4.74 Å². The zero-order valence-corrected chi connectivity index (χ0v) is 7.68. The van der Waals surface area contributed by atoms with Gasteiger partial charge in [-0.3, -0.25) is 4.99 Å². The van der Waals surface area contributed by atoms with Crippen LogP contribution in [0.1, 0.15) is 0 Å². The van der Waals surface area contributed by atoms with Crippen LogP contribution in [0, 0.1) is 5.92 Å². The Morgan fingerprint density at radius 3 is 3.23 bits per heavy atom. The molecule has 2 heteroatoms. The van der Waals surface area contributed by atoms with Crippen molar-refractivity contribution in [3.8, 4) is 0 Å². The van der Waals surface area contributed by atoms with Crippen molar-refractivity contribution < 1.29 is 4.74 Å². The van der Waals surface area contributed by atoms with Gasteiger partial charge in [0.25, 0.3) is 0 Å². The molecule has 0 bridgehead atoms. The van der Waals surface area contributed by atoms with Crippen LogP contribution in [-0.4, -0.2) is 26.0 Å². The minimum absolute atomic E-state index is 0.273. The molecule has 0 fully saturated rings. The smallest absolute Gasteiger partial charge is 0.0833 e. The van der Waals surface area contributed by atoms with Gasteiger partial charge in [-0.15, -0.1) is 0 Å². The van der Waals surface area contributed by atoms with E-state index in [4.69, 9.17) is 4.74 Å². The summed E-state index contributed by atoms with van der Waals surface area (Å²) in [6.45, 7) is 0.740. The molecule has 2 aliphatic rings. The summed E-state index contributed by atoms with van der Waals surface area (Å²) < 4.78 is 5.15. The van der Waals surface area contributed by atoms with Crippen LogP contribution < -0.4 is 0 Å². The van der Waals surface area contributed by atoms with E-state index in [0.717, 1.165) is 6.61 Å². The van der Waals surface area contributed by atoms with Crippen molar-refractivity contribution in [2.24, 2.45) is 10.9 Å². The first-order valence-corrected chi connectivity index (χ1v) is 4.49. The monoisotopic (exact) mass is 175 g/mol. The number of rotatable bonds is 2. The Morgan fingerprint density at radius 2 is 2.38 bits per heavy atom. The lowest BCUT2D eigenvalue weighted by atomic mass is 9.88. The topological polar surface area (TPSA) is 21.6 Å². The SMILES string of the molecule is COCC1C=CC=C2C=CC=N[C@H]21. The molecule has 0 aromatic heterocycles. The quantitative estimate of drug-likeness (QED) is 0.626. The van der Waals surface area contributed by atoms with Crippen LogP contribution in [-0.2, 0) is 4.74 Å². The van der Waals surface area contributed by atoms with Crippen LogP contribution >= 0.6 is 0 Å². The molecule has 2 rings (SSSR count). The predicted molar refractivity (Wildman–Crippen MR) is 54.0 cm³/mol. The number of ether oxygens (including phenoxy) is 1. The molecule has 0 radical (unpaired) electrons. The van der Waals surface area contributed by atoms with E-state index >= 15 is 0 Å². The fourth-order valence-corrected chi connectivity index (χ4v) is 1.75. The fraction of sp³-hybridized carbons (Fsp3) is 0.364. The van der Waals surface area contributed by atoms with E-state index in [0.29, 0.717) is 5.92 Å². The molecular weight excluding hydrogens is 162 g/mol. The van der Waals surface area contributed by atoms with E-state index in [1.54, 1.807) is 7.11 Å². The van der Waals surface area contributed by atoms with Crippen molar-refractivity contribution >= 4 is 6.21 Å². The molecule has 13 heavy (non-hydrogen) atoms. The highest BCUT2D eigenvalue weighted by molar-refractivity contribution is 5.75. The van der Waals surface area contributed by atoms with E-state index < -0.39 is 0 Å². The van der Waals surface area contributed by atoms with Crippen molar-refractivity contribution in [2.45, 2.75) is 6.04 Å². The van der Waals surface area contributed by atoms with Crippen LogP contribution in [0.15, 0.2) is 40.9 Å². The summed E-state index contributed by atoms with van der Waals surface area (Å²) in [5.74, 6) is 0.395. The van der Waals surface area contributed by atoms with Gasteiger partial charge in [-0.1, -0.05) is 24.3 Å². The Kier molecular flexibility index (Phi) is 2.41. The molecule has 0 aromatic rings. The molecule has 0 saturated heterocycles. The molecule has 1 aliphatic carbocycles. The standard InChI is InChI=1S/C11H13NO/c1-13-8-10-5-2-4-9-6-3-7-12-11(9)10/h2-7,10-11H,8H2,1H3/t10?,11-/m1/s1. The van der Waals surface area contributed by atoms with Gasteiger partial charge in [0, 0.05) is 19.2 Å². The highest BCUT2D eigenvalue weighted by Gasteiger charge is 2.23. The molecule has 0 amide bonds. The summed E-state index contributed by atoms with van der Waals surface area (Å²) in [6, 6.07) is 0.273. The second-order valence-electron chi connectivity index (χ2n) is 3.27. The predicted octanol–water partition coefficient (Wildman–Crippen LogP) is 1.75. The van der Waals surface area contributed by atoms with Crippen LogP contribution in [0.4, 0.5) is 0 Å². The Labute approximate surface area is 78.3 Å². The van der Waals surface area contributed by atoms with Gasteiger partial charge in [0.05, 0.1) is 12.6 Å². The average molecular weight is 175 g/mol. The summed E-state index contributed by atoms with van der Waals surface area (Å²) >= 11 is 0. The number of allylic oxidation sites excluding steroid dienone is 3. The maximum atomic E-state index is 5.15. The van der Waals surface area contributed by atoms with Crippen LogP contribution in [0.5, 0.6) is 0 Å². The highest BCUT2D eigenvalue weighted by atomic mass is 16.5. The number of hydrogen-bond acceptors (Lipinski definition) is 2. The van der Waals surface area contributed by atoms with Crippen molar-refractivity contribution in [3.05, 3.63) is 36.0 Å². The van der Waals surface area contributed by atoms with Gasteiger partial charge in [-0.2, -0.15) is 0 Å². The zero-order valence-electron chi connectivity index (χ0n) is 7.68. The van der Waals surface area contributed by atoms with E-state index in [1.807, 2.05) is 12.3 Å². The Hall–Kier alpha value is -1.15. The fourth-order valence-electron chi connectivity index (χ4n) is 1.75. The molecule has 2 atom stereocenters. The Balaban J connectivity index is 2.18. The summed E-state index contributed by atoms with van der Waals surface area (Å²) in [5, 5.41) is 0. The molecule has 0 saturated carbocycles. The number of aliphatic imine (C=N–C) groups is 1. The number of nitrogens with zero attached hydrogens (tertiary/aromatic N) is 1. The summed E-state index contributed by atoms with van der Waals surface area (Å²) in [6.07, 6.45) is 12.3. The number of hydrogen-bond donors (Lipinski definition) is 0. The van der Waals surface area contributed by atoms with Gasteiger partial charge in [-0.05, 0) is 11.6 Å². The van der Waals surface area contributed by atoms with Crippen molar-refractivity contribution in [1.82, 2.24) is 0 Å². The van der Waals surface area contributed by atoms with Gasteiger partial charge >= 0.3 is 0 Å². The largest absolute Gasteiger partial charge is 0.384 e. The lowest BCUT2D eigenvalue weighted by molar-refractivity contribution is 0.163. The summed E-state index contributed by atoms with van der Waals surface area (Å²) in [5.41, 5.74) is 1.28. The molecule has 0 N–H and O–H groups in total. The molecule has 1 aliphatic heterocycles. The molecule has 2 nitrogen and oxygen atoms in total. The lowest BCUT2D eigenvalue weighted by Gasteiger charge is -2.25. The minimum Gasteiger partial charge on any atom is -0.384 e. The first kappa shape index (κ1) is 8.45. The first-order chi connectivity index (χ1) is 6.42. The maximum Gasteiger partial charge on any atom is 0.0833 e. The molecule has 1 unspecified atom stereocenters. The molecule has 0 aromatic carbocycles. The van der Waals surface area contributed by atoms with Gasteiger partial charge in [0.1, 0.15) is 0 Å². The third kappa shape index (κ3) is 1.63. The third-order valence-electron chi connectivity index (χ3n) is 2.37. The Morgan fingerprint density at radius 1 is 1.46 bits per heavy atom. The second kappa shape index (κ2) is 3.71. The first-order valence-electron chi connectivity index (χ1n) is 4.49. The second-order valence-corrected chi connectivity index (χ2v) is 3.27. The Bertz CT molecular complexity index is 299. The normalized spacial score (nSPS) is 30.1. The molecular formula is C11H13NO. The average Bonchev–Trinajstić information content (AvgIpc) is 2.19. The van der Waals surface area contributed by atoms with Crippen molar-refractivity contribution in [3.63, 3.8) is 0 Å². The van der Waals surface area contributed by atoms with Crippen LogP contribution in [0.25, 0.3) is 0 Å². The molecule has 0 spiro atoms. The number of methoxy groups -OCH3 is 1. The molecule has 1 heterocycles. The summed E-state index contributed by atoms with van der Waals surface area (Å²) in [4.78, 5) is 4.44. The van der Waals surface area contributed by atoms with E-state index in [1.165, 1.54) is 5.57 Å². The summed E-state index contributed by atoms with van der Waals surface area (Å²) in [7, 11) is 1.73. The number of fused-ring (bicyclic) bond motifs is 1. The highest BCUT2D eigenvalue weighted by Crippen LogP contribution is 2.25. The minimum atomic E-state index is 0.273. The van der Waals surface area contributed by atoms with E-state index in [-0.39, 0.29) is 6.04 Å². The van der Waals surface area contributed by atoms with Gasteiger partial charge in [-0.25, -0.2) is 0 Å². The van der Waals surface area contributed by atoms with E-state index in [9.17, 15) is 0 Å². The lowest BCUT2D eigenvalue weighted by Crippen LogP contribution is -2.26.